The fraction of sp³-hybridized carbons (Fsp3) is 0.889. The maximum atomic E-state index is 13.1. The average Bonchev–Trinajstić information content (AvgIpc) is 3.03. The van der Waals surface area contributed by atoms with Gasteiger partial charge in [0.2, 0.25) is 11.8 Å². The molecule has 1 saturated heterocycles. The van der Waals surface area contributed by atoms with Crippen LogP contribution in [0.25, 0.3) is 0 Å². The summed E-state index contributed by atoms with van der Waals surface area (Å²) >= 11 is 1.81. The molecule has 0 bridgehead atoms. The lowest BCUT2D eigenvalue weighted by molar-refractivity contribution is -0.139. The highest BCUT2D eigenvalue weighted by Gasteiger charge is 2.41. The normalized spacial score (nSPS) is 33.9. The molecular formula is C27H45NO3S. The lowest BCUT2D eigenvalue weighted by Gasteiger charge is -2.29. The van der Waals surface area contributed by atoms with Crippen LogP contribution in [-0.4, -0.2) is 39.5 Å². The third-order valence-electron chi connectivity index (χ3n) is 8.12. The van der Waals surface area contributed by atoms with Crippen molar-refractivity contribution in [2.75, 3.05) is 6.54 Å². The van der Waals surface area contributed by atoms with Gasteiger partial charge in [0.15, 0.2) is 0 Å². The van der Waals surface area contributed by atoms with Crippen molar-refractivity contribution >= 4 is 29.4 Å². The van der Waals surface area contributed by atoms with Crippen LogP contribution >= 0.6 is 11.8 Å². The molecule has 0 aromatic heterocycles. The molecule has 2 aliphatic carbocycles. The van der Waals surface area contributed by atoms with Crippen LogP contribution in [0, 0.1) is 17.8 Å². The van der Waals surface area contributed by atoms with E-state index >= 15 is 0 Å². The van der Waals surface area contributed by atoms with E-state index in [1.165, 1.54) is 70.6 Å². The second kappa shape index (κ2) is 13.2. The van der Waals surface area contributed by atoms with Crippen molar-refractivity contribution in [3.63, 3.8) is 0 Å². The van der Waals surface area contributed by atoms with Crippen LogP contribution in [0.1, 0.15) is 117 Å². The summed E-state index contributed by atoms with van der Waals surface area (Å²) in [5.41, 5.74) is 0. The molecule has 0 aromatic rings. The Bertz CT molecular complexity index is 628. The van der Waals surface area contributed by atoms with Gasteiger partial charge in [-0.3, -0.25) is 19.3 Å². The van der Waals surface area contributed by atoms with Gasteiger partial charge in [-0.2, -0.15) is 0 Å². The average molecular weight is 464 g/mol. The Morgan fingerprint density at radius 1 is 0.844 bits per heavy atom. The van der Waals surface area contributed by atoms with E-state index in [4.69, 9.17) is 0 Å². The van der Waals surface area contributed by atoms with E-state index in [0.717, 1.165) is 31.6 Å². The summed E-state index contributed by atoms with van der Waals surface area (Å²) in [6.07, 6.45) is 18.4. The first-order chi connectivity index (χ1) is 15.4. The first kappa shape index (κ1) is 25.8. The molecule has 1 heterocycles. The number of hydrogen-bond donors (Lipinski definition) is 0. The number of rotatable bonds is 5. The van der Waals surface area contributed by atoms with Crippen LogP contribution < -0.4 is 0 Å². The highest BCUT2D eigenvalue weighted by atomic mass is 32.2. The maximum absolute atomic E-state index is 13.1. The van der Waals surface area contributed by atoms with Crippen molar-refractivity contribution in [3.8, 4) is 0 Å². The zero-order valence-corrected chi connectivity index (χ0v) is 21.3. The molecule has 0 N–H and O–H groups in total. The predicted octanol–water partition coefficient (Wildman–Crippen LogP) is 6.55. The van der Waals surface area contributed by atoms with Crippen LogP contribution in [0.3, 0.4) is 0 Å². The van der Waals surface area contributed by atoms with Gasteiger partial charge < -0.3 is 0 Å². The zero-order valence-electron chi connectivity index (χ0n) is 20.5. The van der Waals surface area contributed by atoms with Crippen LogP contribution in [0.5, 0.6) is 0 Å². The molecule has 3 aliphatic rings. The number of carbonyl (C=O) groups is 3. The Morgan fingerprint density at radius 3 is 2.06 bits per heavy atom. The van der Waals surface area contributed by atoms with Gasteiger partial charge in [0, 0.05) is 24.1 Å². The van der Waals surface area contributed by atoms with Crippen LogP contribution in [0.15, 0.2) is 0 Å². The Morgan fingerprint density at radius 2 is 1.41 bits per heavy atom. The number of thioether (sulfide) groups is 1. The largest absolute Gasteiger partial charge is 0.300 e. The Hall–Kier alpha value is -0.840. The van der Waals surface area contributed by atoms with Gasteiger partial charge in [-0.15, -0.1) is 11.8 Å². The van der Waals surface area contributed by atoms with E-state index < -0.39 is 0 Å². The maximum Gasteiger partial charge on any atom is 0.242 e. The molecule has 182 valence electrons. The van der Waals surface area contributed by atoms with Crippen molar-refractivity contribution in [1.29, 1.82) is 0 Å². The summed E-state index contributed by atoms with van der Waals surface area (Å²) in [5.74, 6) is 1.78. The van der Waals surface area contributed by atoms with E-state index in [0.29, 0.717) is 24.1 Å². The number of likely N-dealkylation sites (tertiary alicyclic amines) is 1. The van der Waals surface area contributed by atoms with Crippen molar-refractivity contribution in [1.82, 2.24) is 4.90 Å². The molecule has 2 saturated carbocycles. The molecule has 1 aliphatic heterocycles. The zero-order chi connectivity index (χ0) is 22.9. The quantitative estimate of drug-likeness (QED) is 0.434. The van der Waals surface area contributed by atoms with Gasteiger partial charge in [0.05, 0.1) is 5.25 Å². The number of imide groups is 1. The second-order valence-corrected chi connectivity index (χ2v) is 12.4. The van der Waals surface area contributed by atoms with Crippen molar-refractivity contribution in [3.05, 3.63) is 0 Å². The Balaban J connectivity index is 1.49. The topological polar surface area (TPSA) is 54.5 Å². The summed E-state index contributed by atoms with van der Waals surface area (Å²) in [7, 11) is 0. The third-order valence-corrected chi connectivity index (χ3v) is 9.67. The molecule has 4 nitrogen and oxygen atoms in total. The van der Waals surface area contributed by atoms with Crippen molar-refractivity contribution < 1.29 is 14.4 Å². The van der Waals surface area contributed by atoms with Gasteiger partial charge >= 0.3 is 0 Å². The van der Waals surface area contributed by atoms with E-state index in [9.17, 15) is 14.4 Å². The van der Waals surface area contributed by atoms with E-state index in [2.05, 4.69) is 6.92 Å². The highest BCUT2D eigenvalue weighted by Crippen LogP contribution is 2.36. The lowest BCUT2D eigenvalue weighted by atomic mass is 9.80. The number of amides is 2. The van der Waals surface area contributed by atoms with E-state index in [1.807, 2.05) is 11.8 Å². The standard InChI is InChI=1S/C27H45NO3S/c1-20-10-6-4-3-5-7-12-24(13-9-8-11-20)32-25-18-26(30)28(27(25)31)19-22-14-16-23(17-15-22)21(2)29/h20,22-25H,3-19H2,1-2H3. The number of hydrogen-bond acceptors (Lipinski definition) is 4. The van der Waals surface area contributed by atoms with E-state index in [-0.39, 0.29) is 28.8 Å². The molecule has 0 spiro atoms. The molecule has 2 amide bonds. The highest BCUT2D eigenvalue weighted by molar-refractivity contribution is 8.01. The molecular weight excluding hydrogens is 418 g/mol. The molecule has 0 radical (unpaired) electrons. The summed E-state index contributed by atoms with van der Waals surface area (Å²) < 4.78 is 0. The van der Waals surface area contributed by atoms with Gasteiger partial charge in [-0.25, -0.2) is 0 Å². The minimum atomic E-state index is -0.171. The predicted molar refractivity (Wildman–Crippen MR) is 133 cm³/mol. The molecule has 5 heteroatoms. The van der Waals surface area contributed by atoms with Gasteiger partial charge in [0.25, 0.3) is 0 Å². The lowest BCUT2D eigenvalue weighted by Crippen LogP contribution is -2.37. The first-order valence-corrected chi connectivity index (χ1v) is 14.4. The molecule has 3 fully saturated rings. The summed E-state index contributed by atoms with van der Waals surface area (Å²) in [6.45, 7) is 4.66. The minimum Gasteiger partial charge on any atom is -0.300 e. The van der Waals surface area contributed by atoms with Crippen molar-refractivity contribution in [2.45, 2.75) is 127 Å². The molecule has 3 atom stereocenters. The number of carbonyl (C=O) groups excluding carboxylic acids is 3. The van der Waals surface area contributed by atoms with Gasteiger partial charge in [-0.1, -0.05) is 64.7 Å². The monoisotopic (exact) mass is 463 g/mol. The Labute approximate surface area is 200 Å². The Kier molecular flexibility index (Phi) is 10.6. The van der Waals surface area contributed by atoms with Crippen LogP contribution in [-0.2, 0) is 14.4 Å². The van der Waals surface area contributed by atoms with Gasteiger partial charge in [-0.05, 0) is 57.3 Å². The smallest absolute Gasteiger partial charge is 0.242 e. The molecule has 0 aromatic carbocycles. The second-order valence-electron chi connectivity index (χ2n) is 10.9. The van der Waals surface area contributed by atoms with Crippen molar-refractivity contribution in [2.24, 2.45) is 17.8 Å². The number of ketones is 1. The summed E-state index contributed by atoms with van der Waals surface area (Å²) in [4.78, 5) is 39.0. The molecule has 3 rings (SSSR count). The number of Topliss-reactive ketones (excluding diaryl/α,β-unsaturated/α-hetero) is 1. The van der Waals surface area contributed by atoms with Crippen LogP contribution in [0.4, 0.5) is 0 Å². The molecule has 32 heavy (non-hydrogen) atoms. The third kappa shape index (κ3) is 7.88. The summed E-state index contributed by atoms with van der Waals surface area (Å²) in [5, 5.41) is 0.342. The fourth-order valence-corrected chi connectivity index (χ4v) is 7.43. The summed E-state index contributed by atoms with van der Waals surface area (Å²) in [6, 6.07) is 0. The first-order valence-electron chi connectivity index (χ1n) is 13.4. The minimum absolute atomic E-state index is 0.0275. The fourth-order valence-electron chi connectivity index (χ4n) is 5.88. The van der Waals surface area contributed by atoms with Gasteiger partial charge in [0.1, 0.15) is 5.78 Å². The SMILES string of the molecule is CC(=O)C1CCC(CN2C(=O)CC(SC3CCCCCCCC(C)CCCC3)C2=O)CC1. The van der Waals surface area contributed by atoms with E-state index in [1.54, 1.807) is 11.8 Å². The van der Waals surface area contributed by atoms with Crippen LogP contribution in [0.2, 0.25) is 0 Å². The molecule has 3 unspecified atom stereocenters. The number of nitrogens with zero attached hydrogens (tertiary/aromatic N) is 1.